The number of aromatic nitrogens is 3. The van der Waals surface area contributed by atoms with Crippen molar-refractivity contribution in [2.75, 3.05) is 14.1 Å². The van der Waals surface area contributed by atoms with E-state index >= 15 is 0 Å². The van der Waals surface area contributed by atoms with Gasteiger partial charge in [-0.05, 0) is 6.07 Å². The molecule has 4 rings (SSSR count). The number of pyridine rings is 1. The molecule has 0 aliphatic heterocycles. The molecule has 184 valence electrons. The van der Waals surface area contributed by atoms with Crippen LogP contribution in [0.25, 0.3) is 11.3 Å². The first-order chi connectivity index (χ1) is 17.2. The molecular weight excluding hydrogens is 486 g/mol. The first kappa shape index (κ1) is 24.9. The highest BCUT2D eigenvalue weighted by atomic mass is 32.2. The lowest BCUT2D eigenvalue weighted by Gasteiger charge is -2.10. The van der Waals surface area contributed by atoms with Crippen LogP contribution in [0.3, 0.4) is 0 Å². The maximum Gasteiger partial charge on any atom is 0.333 e. The smallest absolute Gasteiger partial charge is 0.333 e. The van der Waals surface area contributed by atoms with E-state index in [0.717, 1.165) is 29.9 Å². The monoisotopic (exact) mass is 508 g/mol. The van der Waals surface area contributed by atoms with Gasteiger partial charge in [0.15, 0.2) is 0 Å². The molecule has 0 bridgehead atoms. The molecule has 2 aromatic carbocycles. The van der Waals surface area contributed by atoms with Gasteiger partial charge in [-0.2, -0.15) is 22.3 Å². The lowest BCUT2D eigenvalue weighted by Crippen LogP contribution is -2.11. The third kappa shape index (κ3) is 5.69. The SMILES string of the molecule is CN(C)C=NS(=O)(=O)c1cc(N=C(c2ccccc2)c2ccccc2)cnc1-c1cnn(C(F)F)c1. The van der Waals surface area contributed by atoms with Crippen molar-refractivity contribution >= 4 is 27.8 Å². The maximum absolute atomic E-state index is 13.2. The molecule has 0 fully saturated rings. The van der Waals surface area contributed by atoms with Crippen LogP contribution in [0.4, 0.5) is 14.5 Å². The number of hydrogen-bond donors (Lipinski definition) is 0. The molecule has 0 unspecified atom stereocenters. The molecule has 11 heteroatoms. The molecule has 0 N–H and O–H groups in total. The number of halogens is 2. The Kier molecular flexibility index (Phi) is 7.30. The van der Waals surface area contributed by atoms with Gasteiger partial charge in [0.05, 0.1) is 29.5 Å². The normalized spacial score (nSPS) is 11.7. The summed E-state index contributed by atoms with van der Waals surface area (Å²) in [5, 5.41) is 3.60. The second kappa shape index (κ2) is 10.6. The Bertz CT molecular complexity index is 1460. The summed E-state index contributed by atoms with van der Waals surface area (Å²) in [4.78, 5) is 10.2. The third-order valence-corrected chi connectivity index (χ3v) is 6.18. The highest BCUT2D eigenvalue weighted by Gasteiger charge is 2.23. The number of rotatable bonds is 8. The zero-order valence-corrected chi connectivity index (χ0v) is 20.2. The van der Waals surface area contributed by atoms with E-state index in [9.17, 15) is 17.2 Å². The van der Waals surface area contributed by atoms with E-state index in [1.54, 1.807) is 14.1 Å². The van der Waals surface area contributed by atoms with Crippen LogP contribution in [0.15, 0.2) is 99.6 Å². The highest BCUT2D eigenvalue weighted by Crippen LogP contribution is 2.31. The molecule has 0 aliphatic carbocycles. The van der Waals surface area contributed by atoms with Crippen LogP contribution in [0, 0.1) is 0 Å². The summed E-state index contributed by atoms with van der Waals surface area (Å²) >= 11 is 0. The van der Waals surface area contributed by atoms with E-state index in [-0.39, 0.29) is 21.8 Å². The maximum atomic E-state index is 13.2. The lowest BCUT2D eigenvalue weighted by molar-refractivity contribution is 0.0566. The van der Waals surface area contributed by atoms with Gasteiger partial charge in [0.25, 0.3) is 10.0 Å². The fourth-order valence-corrected chi connectivity index (χ4v) is 4.42. The molecule has 4 aromatic rings. The Morgan fingerprint density at radius 1 is 1.00 bits per heavy atom. The van der Waals surface area contributed by atoms with Gasteiger partial charge in [-0.25, -0.2) is 9.67 Å². The summed E-state index contributed by atoms with van der Waals surface area (Å²) in [5.74, 6) is 0. The van der Waals surface area contributed by atoms with Gasteiger partial charge < -0.3 is 4.90 Å². The van der Waals surface area contributed by atoms with Gasteiger partial charge >= 0.3 is 6.55 Å². The molecule has 0 saturated heterocycles. The number of alkyl halides is 2. The third-order valence-electron chi connectivity index (χ3n) is 4.94. The summed E-state index contributed by atoms with van der Waals surface area (Å²) in [5.41, 5.74) is 2.55. The molecule has 0 atom stereocenters. The average Bonchev–Trinajstić information content (AvgIpc) is 3.38. The quantitative estimate of drug-likeness (QED) is 0.252. The van der Waals surface area contributed by atoms with Crippen molar-refractivity contribution in [1.82, 2.24) is 19.7 Å². The lowest BCUT2D eigenvalue weighted by atomic mass is 10.0. The summed E-state index contributed by atoms with van der Waals surface area (Å²) in [6, 6.07) is 20.2. The minimum absolute atomic E-state index is 0.0577. The van der Waals surface area contributed by atoms with E-state index in [1.165, 1.54) is 17.2 Å². The second-order valence-electron chi connectivity index (χ2n) is 7.88. The fourth-order valence-electron chi connectivity index (χ4n) is 3.31. The summed E-state index contributed by atoms with van der Waals surface area (Å²) in [7, 11) is -1.02. The van der Waals surface area contributed by atoms with Gasteiger partial charge in [0.1, 0.15) is 11.2 Å². The predicted molar refractivity (Wildman–Crippen MR) is 134 cm³/mol. The average molecular weight is 509 g/mol. The molecule has 2 heterocycles. The Hall–Kier alpha value is -4.25. The number of nitrogens with zero attached hydrogens (tertiary/aromatic N) is 6. The van der Waals surface area contributed by atoms with E-state index in [4.69, 9.17) is 4.99 Å². The molecular formula is C25H22F2N6O2S. The fraction of sp³-hybridized carbons (Fsp3) is 0.120. The van der Waals surface area contributed by atoms with E-state index in [2.05, 4.69) is 14.5 Å². The Morgan fingerprint density at radius 3 is 2.14 bits per heavy atom. The van der Waals surface area contributed by atoms with Crippen molar-refractivity contribution in [3.05, 3.63) is 96.4 Å². The van der Waals surface area contributed by atoms with Gasteiger partial charge in [-0.1, -0.05) is 60.7 Å². The molecule has 0 spiro atoms. The van der Waals surface area contributed by atoms with Crippen molar-refractivity contribution in [3.8, 4) is 11.3 Å². The Balaban J connectivity index is 1.90. The van der Waals surface area contributed by atoms with Crippen LogP contribution in [-0.4, -0.2) is 54.2 Å². The molecule has 0 saturated carbocycles. The van der Waals surface area contributed by atoms with Gasteiger partial charge in [-0.3, -0.25) is 4.98 Å². The van der Waals surface area contributed by atoms with Crippen LogP contribution in [-0.2, 0) is 10.0 Å². The summed E-state index contributed by atoms with van der Waals surface area (Å²) in [6.45, 7) is -2.88. The van der Waals surface area contributed by atoms with E-state index < -0.39 is 16.6 Å². The largest absolute Gasteiger partial charge is 0.368 e. The van der Waals surface area contributed by atoms with Crippen molar-refractivity contribution in [2.45, 2.75) is 11.4 Å². The highest BCUT2D eigenvalue weighted by molar-refractivity contribution is 7.90. The van der Waals surface area contributed by atoms with Crippen LogP contribution in [0.1, 0.15) is 17.7 Å². The van der Waals surface area contributed by atoms with Crippen LogP contribution in [0.2, 0.25) is 0 Å². The number of aliphatic imine (C=N–C) groups is 1. The van der Waals surface area contributed by atoms with Crippen LogP contribution in [0.5, 0.6) is 0 Å². The molecule has 0 radical (unpaired) electrons. The summed E-state index contributed by atoms with van der Waals surface area (Å²) in [6.07, 6.45) is 4.68. The van der Waals surface area contributed by atoms with Crippen molar-refractivity contribution in [1.29, 1.82) is 0 Å². The Morgan fingerprint density at radius 2 is 1.61 bits per heavy atom. The Labute approximate surface area is 207 Å². The first-order valence-electron chi connectivity index (χ1n) is 10.7. The van der Waals surface area contributed by atoms with Crippen LogP contribution >= 0.6 is 0 Å². The standard InChI is InChI=1S/C25H22F2N6O2S/c1-32(2)17-30-36(34,35)22-13-21(15-28-24(22)20-14-29-33(16-20)25(26)27)31-23(18-9-5-3-6-10-18)19-11-7-4-8-12-19/h3-17,25H,1-2H3. The number of benzene rings is 2. The zero-order chi connectivity index (χ0) is 25.7. The molecule has 8 nitrogen and oxygen atoms in total. The van der Waals surface area contributed by atoms with Crippen molar-refractivity contribution in [3.63, 3.8) is 0 Å². The van der Waals surface area contributed by atoms with Gasteiger partial charge in [0, 0.05) is 37.0 Å². The van der Waals surface area contributed by atoms with Crippen molar-refractivity contribution < 1.29 is 17.2 Å². The summed E-state index contributed by atoms with van der Waals surface area (Å²) < 4.78 is 56.6. The minimum atomic E-state index is -4.26. The first-order valence-corrected chi connectivity index (χ1v) is 12.2. The van der Waals surface area contributed by atoms with Crippen LogP contribution < -0.4 is 0 Å². The number of sulfonamides is 1. The van der Waals surface area contributed by atoms with Crippen molar-refractivity contribution in [2.24, 2.45) is 9.39 Å². The molecule has 0 amide bonds. The van der Waals surface area contributed by atoms with Gasteiger partial charge in [0.2, 0.25) is 0 Å². The minimum Gasteiger partial charge on any atom is -0.368 e. The zero-order valence-electron chi connectivity index (χ0n) is 19.4. The molecule has 2 aromatic heterocycles. The molecule has 36 heavy (non-hydrogen) atoms. The second-order valence-corrected chi connectivity index (χ2v) is 9.48. The molecule has 0 aliphatic rings. The van der Waals surface area contributed by atoms with Gasteiger partial charge in [-0.15, -0.1) is 4.40 Å². The number of hydrogen-bond acceptors (Lipinski definition) is 5. The van der Waals surface area contributed by atoms with E-state index in [1.807, 2.05) is 60.7 Å². The predicted octanol–water partition coefficient (Wildman–Crippen LogP) is 4.79. The van der Waals surface area contributed by atoms with E-state index in [0.29, 0.717) is 10.4 Å². The topological polar surface area (TPSA) is 92.8 Å².